The first-order valence-electron chi connectivity index (χ1n) is 9.52. The molecule has 1 saturated heterocycles. The summed E-state index contributed by atoms with van der Waals surface area (Å²) < 4.78 is 4.78. The molecule has 9 nitrogen and oxygen atoms in total. The molecule has 156 valence electrons. The standard InChI is InChI=1S/C20H21N5O4S/c1-10(2)16-15(19(28)29-3)21-20(30-16)22-18(27)11-8-14(26)25(9-11)17-12-6-4-5-7-13(12)23-24-17/h4-7,10-11H,8-9H2,1-3H3,(H,23,24)(H,21,22,27)/t11-/m1/s1. The van der Waals surface area contributed by atoms with Gasteiger partial charge in [-0.05, 0) is 18.1 Å². The Morgan fingerprint density at radius 2 is 2.10 bits per heavy atom. The molecule has 0 saturated carbocycles. The number of para-hydroxylation sites is 1. The minimum Gasteiger partial charge on any atom is -0.464 e. The van der Waals surface area contributed by atoms with E-state index in [9.17, 15) is 14.4 Å². The summed E-state index contributed by atoms with van der Waals surface area (Å²) >= 11 is 1.24. The number of fused-ring (bicyclic) bond motifs is 1. The summed E-state index contributed by atoms with van der Waals surface area (Å²) in [7, 11) is 1.29. The molecule has 1 aliphatic rings. The van der Waals surface area contributed by atoms with Crippen LogP contribution >= 0.6 is 11.3 Å². The summed E-state index contributed by atoms with van der Waals surface area (Å²) in [6.07, 6.45) is 0.0826. The number of esters is 1. The number of hydrogen-bond acceptors (Lipinski definition) is 7. The summed E-state index contributed by atoms with van der Waals surface area (Å²) in [6.45, 7) is 4.10. The Bertz CT molecular complexity index is 1140. The van der Waals surface area contributed by atoms with E-state index in [1.165, 1.54) is 23.3 Å². The number of anilines is 2. The highest BCUT2D eigenvalue weighted by Gasteiger charge is 2.37. The van der Waals surface area contributed by atoms with Gasteiger partial charge in [0.1, 0.15) is 0 Å². The zero-order valence-corrected chi connectivity index (χ0v) is 17.6. The van der Waals surface area contributed by atoms with E-state index in [0.29, 0.717) is 10.9 Å². The number of carbonyl (C=O) groups is 3. The van der Waals surface area contributed by atoms with Crippen LogP contribution in [0.1, 0.15) is 41.6 Å². The Hall–Kier alpha value is -3.27. The lowest BCUT2D eigenvalue weighted by molar-refractivity contribution is -0.122. The molecule has 0 spiro atoms. The van der Waals surface area contributed by atoms with Crippen molar-refractivity contribution in [1.29, 1.82) is 0 Å². The summed E-state index contributed by atoms with van der Waals surface area (Å²) in [5, 5.41) is 11.1. The minimum absolute atomic E-state index is 0.0544. The molecule has 30 heavy (non-hydrogen) atoms. The number of benzene rings is 1. The molecule has 4 rings (SSSR count). The molecular weight excluding hydrogens is 406 g/mol. The van der Waals surface area contributed by atoms with E-state index in [1.807, 2.05) is 38.1 Å². The van der Waals surface area contributed by atoms with Crippen LogP contribution in [0.4, 0.5) is 10.9 Å². The van der Waals surface area contributed by atoms with Crippen molar-refractivity contribution < 1.29 is 19.1 Å². The number of ether oxygens (including phenoxy) is 1. The highest BCUT2D eigenvalue weighted by molar-refractivity contribution is 7.16. The second kappa shape index (κ2) is 7.86. The van der Waals surface area contributed by atoms with Gasteiger partial charge in [0.05, 0.1) is 18.5 Å². The van der Waals surface area contributed by atoms with Crippen molar-refractivity contribution in [3.63, 3.8) is 0 Å². The van der Waals surface area contributed by atoms with E-state index in [-0.39, 0.29) is 36.4 Å². The van der Waals surface area contributed by atoms with Crippen LogP contribution in [0.5, 0.6) is 0 Å². The average molecular weight is 427 g/mol. The predicted molar refractivity (Wildman–Crippen MR) is 113 cm³/mol. The first-order valence-corrected chi connectivity index (χ1v) is 10.3. The molecule has 10 heteroatoms. The van der Waals surface area contributed by atoms with Gasteiger partial charge in [0, 0.05) is 23.2 Å². The number of carbonyl (C=O) groups excluding carboxylic acids is 3. The van der Waals surface area contributed by atoms with Crippen molar-refractivity contribution in [2.75, 3.05) is 23.9 Å². The van der Waals surface area contributed by atoms with Crippen LogP contribution in [0.25, 0.3) is 10.9 Å². The van der Waals surface area contributed by atoms with Crippen molar-refractivity contribution in [2.45, 2.75) is 26.2 Å². The quantitative estimate of drug-likeness (QED) is 0.605. The number of nitrogens with zero attached hydrogens (tertiary/aromatic N) is 3. The van der Waals surface area contributed by atoms with Crippen LogP contribution < -0.4 is 10.2 Å². The Morgan fingerprint density at radius 3 is 2.83 bits per heavy atom. The first kappa shape index (κ1) is 20.0. The molecule has 1 atom stereocenters. The molecule has 1 aliphatic heterocycles. The molecule has 0 bridgehead atoms. The summed E-state index contributed by atoms with van der Waals surface area (Å²) in [4.78, 5) is 43.9. The van der Waals surface area contributed by atoms with E-state index in [2.05, 4.69) is 20.5 Å². The molecule has 3 aromatic rings. The van der Waals surface area contributed by atoms with Crippen molar-refractivity contribution >= 4 is 51.0 Å². The number of methoxy groups -OCH3 is 1. The molecule has 0 unspecified atom stereocenters. The van der Waals surface area contributed by atoms with Crippen molar-refractivity contribution in [3.8, 4) is 0 Å². The third-order valence-electron chi connectivity index (χ3n) is 4.99. The molecule has 1 aromatic carbocycles. The van der Waals surface area contributed by atoms with Gasteiger partial charge in [-0.2, -0.15) is 5.10 Å². The number of aromatic nitrogens is 3. The molecule has 3 heterocycles. The van der Waals surface area contributed by atoms with E-state index in [1.54, 1.807) is 0 Å². The number of rotatable bonds is 5. The molecule has 0 aliphatic carbocycles. The van der Waals surface area contributed by atoms with Gasteiger partial charge in [0.25, 0.3) is 0 Å². The number of hydrogen-bond donors (Lipinski definition) is 2. The van der Waals surface area contributed by atoms with Crippen LogP contribution in [0.3, 0.4) is 0 Å². The Morgan fingerprint density at radius 1 is 1.33 bits per heavy atom. The van der Waals surface area contributed by atoms with Gasteiger partial charge in [-0.25, -0.2) is 9.78 Å². The number of thiazole rings is 1. The van der Waals surface area contributed by atoms with Crippen LogP contribution in [0.2, 0.25) is 0 Å². The maximum atomic E-state index is 12.8. The fourth-order valence-electron chi connectivity index (χ4n) is 3.47. The molecular formula is C20H21N5O4S. The lowest BCUT2D eigenvalue weighted by Gasteiger charge is -2.13. The highest BCUT2D eigenvalue weighted by Crippen LogP contribution is 2.33. The minimum atomic E-state index is -0.541. The second-order valence-electron chi connectivity index (χ2n) is 7.37. The first-order chi connectivity index (χ1) is 14.4. The molecule has 2 amide bonds. The van der Waals surface area contributed by atoms with Gasteiger partial charge >= 0.3 is 5.97 Å². The number of aromatic amines is 1. The smallest absolute Gasteiger partial charge is 0.357 e. The topological polar surface area (TPSA) is 117 Å². The number of nitrogens with one attached hydrogen (secondary N) is 2. The van der Waals surface area contributed by atoms with Gasteiger partial charge in [0.2, 0.25) is 11.8 Å². The lowest BCUT2D eigenvalue weighted by Crippen LogP contribution is -2.28. The van der Waals surface area contributed by atoms with Gasteiger partial charge in [-0.1, -0.05) is 26.0 Å². The van der Waals surface area contributed by atoms with Crippen LogP contribution in [0, 0.1) is 5.92 Å². The van der Waals surface area contributed by atoms with E-state index in [0.717, 1.165) is 15.8 Å². The zero-order valence-electron chi connectivity index (χ0n) is 16.8. The van der Waals surface area contributed by atoms with E-state index >= 15 is 0 Å². The van der Waals surface area contributed by atoms with Gasteiger partial charge in [0.15, 0.2) is 16.6 Å². The van der Waals surface area contributed by atoms with Crippen LogP contribution in [0.15, 0.2) is 24.3 Å². The van der Waals surface area contributed by atoms with Crippen molar-refractivity contribution in [3.05, 3.63) is 34.8 Å². The van der Waals surface area contributed by atoms with Crippen LogP contribution in [-0.2, 0) is 14.3 Å². The fourth-order valence-corrected chi connectivity index (χ4v) is 4.43. The second-order valence-corrected chi connectivity index (χ2v) is 8.40. The van der Waals surface area contributed by atoms with Crippen molar-refractivity contribution in [1.82, 2.24) is 15.2 Å². The Labute approximate surface area is 176 Å². The SMILES string of the molecule is COC(=O)c1nc(NC(=O)[C@@H]2CC(=O)N(c3n[nH]c4ccccc34)C2)sc1C(C)C. The summed E-state index contributed by atoms with van der Waals surface area (Å²) in [5.41, 5.74) is 1.03. The van der Waals surface area contributed by atoms with Gasteiger partial charge in [-0.15, -0.1) is 11.3 Å². The van der Waals surface area contributed by atoms with E-state index < -0.39 is 11.9 Å². The Balaban J connectivity index is 1.51. The van der Waals surface area contributed by atoms with E-state index in [4.69, 9.17) is 4.74 Å². The molecule has 1 fully saturated rings. The molecule has 2 aromatic heterocycles. The predicted octanol–water partition coefficient (Wildman–Crippen LogP) is 2.92. The number of amides is 2. The summed E-state index contributed by atoms with van der Waals surface area (Å²) in [6, 6.07) is 7.52. The Kier molecular flexibility index (Phi) is 5.25. The third-order valence-corrected chi connectivity index (χ3v) is 6.26. The third kappa shape index (κ3) is 3.54. The zero-order chi connectivity index (χ0) is 21.4. The number of H-pyrrole nitrogens is 1. The largest absolute Gasteiger partial charge is 0.464 e. The average Bonchev–Trinajstić information content (AvgIpc) is 3.43. The monoisotopic (exact) mass is 427 g/mol. The maximum Gasteiger partial charge on any atom is 0.357 e. The highest BCUT2D eigenvalue weighted by atomic mass is 32.1. The maximum absolute atomic E-state index is 12.8. The lowest BCUT2D eigenvalue weighted by atomic mass is 10.1. The van der Waals surface area contributed by atoms with Crippen LogP contribution in [-0.4, -0.2) is 46.6 Å². The van der Waals surface area contributed by atoms with Crippen molar-refractivity contribution in [2.24, 2.45) is 5.92 Å². The molecule has 2 N–H and O–H groups in total. The van der Waals surface area contributed by atoms with Gasteiger partial charge in [-0.3, -0.25) is 19.6 Å². The fraction of sp³-hybridized carbons (Fsp3) is 0.350. The summed E-state index contributed by atoms with van der Waals surface area (Å²) in [5.74, 6) is -0.978. The molecule has 0 radical (unpaired) electrons. The van der Waals surface area contributed by atoms with Gasteiger partial charge < -0.3 is 10.1 Å². The normalized spacial score (nSPS) is 16.5.